The van der Waals surface area contributed by atoms with E-state index in [9.17, 15) is 26.5 Å². The highest BCUT2D eigenvalue weighted by molar-refractivity contribution is 7.93. The van der Waals surface area contributed by atoms with E-state index in [-0.39, 0.29) is 5.69 Å². The quantitative estimate of drug-likeness (QED) is 0.341. The first-order valence-corrected chi connectivity index (χ1v) is 8.28. The average molecular weight is 448 g/mol. The molecule has 0 N–H and O–H groups in total. The molecule has 1 aromatic carbocycles. The highest BCUT2D eigenvalue weighted by Crippen LogP contribution is 2.39. The molecular weight excluding hydrogens is 445 g/mol. The maximum Gasteiger partial charge on any atom is 0.498 e. The summed E-state index contributed by atoms with van der Waals surface area (Å²) >= 11 is 18.9. The van der Waals surface area contributed by atoms with Crippen LogP contribution in [0.1, 0.15) is 5.56 Å². The third kappa shape index (κ3) is 4.03. The van der Waals surface area contributed by atoms with Gasteiger partial charge in [-0.05, 0) is 23.7 Å². The maximum atomic E-state index is 12.9. The predicted octanol–water partition coefficient (Wildman–Crippen LogP) is 5.75. The molecule has 1 atom stereocenters. The minimum atomic E-state index is -4.70. The fraction of sp³-hybridized carbons (Fsp3) is 0.182. The molecule has 0 bridgehead atoms. The second kappa shape index (κ2) is 6.69. The van der Waals surface area contributed by atoms with Crippen LogP contribution in [0.5, 0.6) is 0 Å². The molecule has 0 saturated heterocycles. The molecule has 3 nitrogen and oxygen atoms in total. The SMILES string of the molecule is [O-][S+](c1cn(-c2c(Cl)cc(C(F)(F)F)cc2Cl)c(Cl)n1)C(F)(F)Cl. The Morgan fingerprint density at radius 2 is 1.54 bits per heavy atom. The molecule has 0 fully saturated rings. The standard InChI is InChI=1S/C11H3Cl4F5N2OS/c12-5-1-4(10(16,17)18)2-6(13)8(5)22-3-7(21-9(22)14)24(23)11(15,19)20/h1-3H. The Balaban J connectivity index is 2.56. The molecular formula is C11H3Cl4F5N2OS. The Hall–Kier alpha value is -0.450. The van der Waals surface area contributed by atoms with Gasteiger partial charge in [0.25, 0.3) is 5.03 Å². The van der Waals surface area contributed by atoms with Gasteiger partial charge >= 0.3 is 10.9 Å². The Morgan fingerprint density at radius 1 is 1.04 bits per heavy atom. The molecule has 0 spiro atoms. The number of imidazole rings is 1. The Morgan fingerprint density at radius 3 is 1.96 bits per heavy atom. The maximum absolute atomic E-state index is 12.9. The van der Waals surface area contributed by atoms with E-state index in [4.69, 9.17) is 34.8 Å². The lowest BCUT2D eigenvalue weighted by atomic mass is 10.2. The number of aromatic nitrogens is 2. The van der Waals surface area contributed by atoms with E-state index >= 15 is 0 Å². The summed E-state index contributed by atoms with van der Waals surface area (Å²) in [5.41, 5.74) is -1.36. The largest absolute Gasteiger partial charge is 0.604 e. The van der Waals surface area contributed by atoms with E-state index in [0.29, 0.717) is 12.1 Å². The molecule has 0 aliphatic rings. The Labute approximate surface area is 154 Å². The van der Waals surface area contributed by atoms with E-state index in [1.165, 1.54) is 0 Å². The molecule has 24 heavy (non-hydrogen) atoms. The normalized spacial score (nSPS) is 14.1. The van der Waals surface area contributed by atoms with E-state index in [0.717, 1.165) is 10.8 Å². The van der Waals surface area contributed by atoms with Crippen molar-refractivity contribution in [1.29, 1.82) is 0 Å². The van der Waals surface area contributed by atoms with Crippen LogP contribution in [0.25, 0.3) is 5.69 Å². The van der Waals surface area contributed by atoms with E-state index < -0.39 is 48.0 Å². The van der Waals surface area contributed by atoms with Gasteiger partial charge in [-0.15, -0.1) is 8.78 Å². The van der Waals surface area contributed by atoms with Gasteiger partial charge in [-0.2, -0.15) is 18.2 Å². The predicted molar refractivity (Wildman–Crippen MR) is 80.8 cm³/mol. The number of halogens is 9. The molecule has 0 amide bonds. The monoisotopic (exact) mass is 446 g/mol. The molecule has 0 aliphatic carbocycles. The molecule has 2 rings (SSSR count). The molecule has 2 aromatic rings. The van der Waals surface area contributed by atoms with Crippen LogP contribution in [0, 0.1) is 0 Å². The summed E-state index contributed by atoms with van der Waals surface area (Å²) in [5, 5.41) is -2.14. The summed E-state index contributed by atoms with van der Waals surface area (Å²) in [6.07, 6.45) is -3.91. The lowest BCUT2D eigenvalue weighted by Gasteiger charge is -2.13. The van der Waals surface area contributed by atoms with Crippen molar-refractivity contribution >= 4 is 57.6 Å². The number of benzene rings is 1. The number of nitrogens with zero attached hydrogens (tertiary/aromatic N) is 2. The summed E-state index contributed by atoms with van der Waals surface area (Å²) < 4.78 is 72.1. The van der Waals surface area contributed by atoms with Gasteiger partial charge < -0.3 is 4.55 Å². The topological polar surface area (TPSA) is 40.9 Å². The summed E-state index contributed by atoms with van der Waals surface area (Å²) in [4.78, 5) is 3.43. The van der Waals surface area contributed by atoms with Crippen LogP contribution >= 0.6 is 46.4 Å². The molecule has 1 heterocycles. The second-order valence-electron chi connectivity index (χ2n) is 4.22. The van der Waals surface area contributed by atoms with Crippen LogP contribution in [0.3, 0.4) is 0 Å². The molecule has 0 aliphatic heterocycles. The first-order chi connectivity index (χ1) is 10.8. The highest BCUT2D eigenvalue weighted by Gasteiger charge is 2.45. The van der Waals surface area contributed by atoms with E-state index in [1.807, 2.05) is 0 Å². The van der Waals surface area contributed by atoms with Gasteiger partial charge in [-0.1, -0.05) is 23.2 Å². The van der Waals surface area contributed by atoms with E-state index in [1.54, 1.807) is 0 Å². The third-order valence-electron chi connectivity index (χ3n) is 2.63. The molecule has 132 valence electrons. The molecule has 1 aromatic heterocycles. The summed E-state index contributed by atoms with van der Waals surface area (Å²) in [6, 6.07) is 1.15. The van der Waals surface area contributed by atoms with Crippen molar-refractivity contribution < 1.29 is 26.5 Å². The van der Waals surface area contributed by atoms with Crippen molar-refractivity contribution in [2.45, 2.75) is 15.9 Å². The molecule has 0 saturated carbocycles. The molecule has 1 unspecified atom stereocenters. The first-order valence-electron chi connectivity index (χ1n) is 5.62. The zero-order valence-electron chi connectivity index (χ0n) is 10.8. The van der Waals surface area contributed by atoms with Crippen molar-refractivity contribution in [3.8, 4) is 5.69 Å². The lowest BCUT2D eigenvalue weighted by Crippen LogP contribution is -2.22. The van der Waals surface area contributed by atoms with Crippen LogP contribution in [0.15, 0.2) is 23.4 Å². The van der Waals surface area contributed by atoms with Gasteiger partial charge in [0.1, 0.15) is 0 Å². The zero-order valence-corrected chi connectivity index (χ0v) is 14.7. The van der Waals surface area contributed by atoms with Crippen LogP contribution < -0.4 is 0 Å². The number of rotatable bonds is 3. The highest BCUT2D eigenvalue weighted by atomic mass is 35.5. The Bertz CT molecular complexity index is 754. The first kappa shape index (κ1) is 19.9. The van der Waals surface area contributed by atoms with Crippen molar-refractivity contribution in [3.05, 3.63) is 39.2 Å². The Kier molecular flexibility index (Phi) is 5.54. The van der Waals surface area contributed by atoms with Crippen molar-refractivity contribution in [2.24, 2.45) is 0 Å². The minimum absolute atomic E-state index is 0.245. The summed E-state index contributed by atoms with van der Waals surface area (Å²) in [7, 11) is 0. The summed E-state index contributed by atoms with van der Waals surface area (Å²) in [6.45, 7) is 0. The van der Waals surface area contributed by atoms with Gasteiger partial charge in [-0.25, -0.2) is 0 Å². The van der Waals surface area contributed by atoms with Crippen molar-refractivity contribution in [3.63, 3.8) is 0 Å². The lowest BCUT2D eigenvalue weighted by molar-refractivity contribution is -0.137. The van der Waals surface area contributed by atoms with Crippen LogP contribution in [0.4, 0.5) is 22.0 Å². The van der Waals surface area contributed by atoms with Crippen molar-refractivity contribution in [1.82, 2.24) is 9.55 Å². The number of hydrogen-bond donors (Lipinski definition) is 0. The van der Waals surface area contributed by atoms with Gasteiger partial charge in [0, 0.05) is 11.6 Å². The van der Waals surface area contributed by atoms with Gasteiger partial charge in [0.05, 0.1) is 38.7 Å². The zero-order chi connectivity index (χ0) is 18.4. The fourth-order valence-corrected chi connectivity index (χ4v) is 3.45. The van der Waals surface area contributed by atoms with Crippen LogP contribution in [0.2, 0.25) is 15.3 Å². The van der Waals surface area contributed by atoms with Gasteiger partial charge in [-0.3, -0.25) is 4.57 Å². The number of alkyl halides is 6. The summed E-state index contributed by atoms with van der Waals surface area (Å²) in [5.74, 6) is 0. The van der Waals surface area contributed by atoms with Gasteiger partial charge in [0.2, 0.25) is 5.28 Å². The average Bonchev–Trinajstić information content (AvgIpc) is 2.77. The molecule has 0 radical (unpaired) electrons. The number of hydrogen-bond acceptors (Lipinski definition) is 2. The smallest absolute Gasteiger partial charge is 0.498 e. The van der Waals surface area contributed by atoms with Crippen LogP contribution in [-0.2, 0) is 17.4 Å². The van der Waals surface area contributed by atoms with Crippen molar-refractivity contribution in [2.75, 3.05) is 0 Å². The van der Waals surface area contributed by atoms with Crippen LogP contribution in [-0.4, -0.2) is 18.8 Å². The fourth-order valence-electron chi connectivity index (χ4n) is 1.66. The van der Waals surface area contributed by atoms with Gasteiger partial charge in [0.15, 0.2) is 0 Å². The second-order valence-corrected chi connectivity index (χ2v) is 7.54. The van der Waals surface area contributed by atoms with E-state index in [2.05, 4.69) is 16.6 Å². The third-order valence-corrected chi connectivity index (χ3v) is 4.89. The minimum Gasteiger partial charge on any atom is -0.604 e. The molecule has 13 heteroatoms.